The maximum Gasteiger partial charge on any atom is 0.301 e. The topological polar surface area (TPSA) is 107 Å². The highest BCUT2D eigenvalue weighted by atomic mass is 32.1. The summed E-state index contributed by atoms with van der Waals surface area (Å²) < 4.78 is 24.0. The summed E-state index contributed by atoms with van der Waals surface area (Å²) in [7, 11) is 1.55. The molecule has 0 unspecified atom stereocenters. The number of carbonyl (C=O) groups is 2. The molecule has 234 valence electrons. The number of hydrogen-bond acceptors (Lipinski definition) is 9. The fourth-order valence-corrected chi connectivity index (χ4v) is 6.85. The number of rotatable bonds is 11. The van der Waals surface area contributed by atoms with Crippen LogP contribution in [0.5, 0.6) is 23.0 Å². The molecule has 0 saturated carbocycles. The van der Waals surface area contributed by atoms with Gasteiger partial charge in [0.15, 0.2) is 16.6 Å². The SMILES string of the molecule is CCCCCOc1ccc([C@H]2/C(=C(\O)c3ccc4c(c3)C[C@H](C)O4)C(=O)C(=O)N2c2nc3ccc(OCC)cc3s2)cc1OC. The highest BCUT2D eigenvalue weighted by molar-refractivity contribution is 7.22. The molecular formula is C35H36N2O7S. The molecule has 6 rings (SSSR count). The third-order valence-corrected chi connectivity index (χ3v) is 9.01. The average Bonchev–Trinajstić information content (AvgIpc) is 3.70. The Bertz CT molecular complexity index is 1800. The molecule has 1 aromatic heterocycles. The monoisotopic (exact) mass is 628 g/mol. The minimum Gasteiger partial charge on any atom is -0.507 e. The van der Waals surface area contributed by atoms with Crippen LogP contribution in [0, 0.1) is 0 Å². The number of aromatic nitrogens is 1. The first-order valence-corrected chi connectivity index (χ1v) is 16.1. The van der Waals surface area contributed by atoms with E-state index in [2.05, 4.69) is 6.92 Å². The maximum absolute atomic E-state index is 13.8. The Labute approximate surface area is 266 Å². The second-order valence-electron chi connectivity index (χ2n) is 11.1. The van der Waals surface area contributed by atoms with Crippen LogP contribution in [0.4, 0.5) is 5.13 Å². The van der Waals surface area contributed by atoms with Gasteiger partial charge in [-0.1, -0.05) is 37.2 Å². The fraction of sp³-hybridized carbons (Fsp3) is 0.343. The number of anilines is 1. The summed E-state index contributed by atoms with van der Waals surface area (Å²) in [5.41, 5.74) is 2.57. The van der Waals surface area contributed by atoms with Crippen LogP contribution in [0.1, 0.15) is 62.8 Å². The largest absolute Gasteiger partial charge is 0.507 e. The summed E-state index contributed by atoms with van der Waals surface area (Å²) >= 11 is 1.28. The zero-order valence-electron chi connectivity index (χ0n) is 25.8. The molecule has 9 nitrogen and oxygen atoms in total. The number of fused-ring (bicyclic) bond motifs is 2. The molecule has 0 aliphatic carbocycles. The van der Waals surface area contributed by atoms with Crippen molar-refractivity contribution in [1.29, 1.82) is 0 Å². The van der Waals surface area contributed by atoms with Gasteiger partial charge in [-0.3, -0.25) is 14.5 Å². The number of thiazole rings is 1. The van der Waals surface area contributed by atoms with Crippen molar-refractivity contribution in [2.75, 3.05) is 25.2 Å². The first-order valence-electron chi connectivity index (χ1n) is 15.3. The number of methoxy groups -OCH3 is 1. The zero-order valence-corrected chi connectivity index (χ0v) is 26.6. The Morgan fingerprint density at radius 2 is 1.89 bits per heavy atom. The van der Waals surface area contributed by atoms with E-state index < -0.39 is 17.7 Å². The van der Waals surface area contributed by atoms with Gasteiger partial charge in [0, 0.05) is 12.0 Å². The Kier molecular flexibility index (Phi) is 8.67. The molecule has 1 fully saturated rings. The van der Waals surface area contributed by atoms with Crippen LogP contribution in [0.15, 0.2) is 60.2 Å². The molecule has 3 aromatic carbocycles. The van der Waals surface area contributed by atoms with Gasteiger partial charge in [0.1, 0.15) is 23.4 Å². The quantitative estimate of drug-likeness (QED) is 0.0803. The summed E-state index contributed by atoms with van der Waals surface area (Å²) in [4.78, 5) is 33.8. The zero-order chi connectivity index (χ0) is 31.7. The lowest BCUT2D eigenvalue weighted by atomic mass is 9.94. The molecule has 10 heteroatoms. The molecule has 2 aliphatic heterocycles. The molecule has 2 aliphatic rings. The third-order valence-electron chi connectivity index (χ3n) is 7.99. The van der Waals surface area contributed by atoms with E-state index in [0.29, 0.717) is 58.7 Å². The Hall–Kier alpha value is -4.57. The predicted octanol–water partition coefficient (Wildman–Crippen LogP) is 7.22. The van der Waals surface area contributed by atoms with Gasteiger partial charge in [-0.15, -0.1) is 0 Å². The highest BCUT2D eigenvalue weighted by Gasteiger charge is 2.48. The van der Waals surface area contributed by atoms with Crippen LogP contribution < -0.4 is 23.8 Å². The predicted molar refractivity (Wildman–Crippen MR) is 174 cm³/mol. The van der Waals surface area contributed by atoms with Crippen molar-refractivity contribution < 1.29 is 33.6 Å². The molecule has 0 spiro atoms. The van der Waals surface area contributed by atoms with Crippen molar-refractivity contribution in [3.05, 3.63) is 76.9 Å². The summed E-state index contributed by atoms with van der Waals surface area (Å²) in [5, 5.41) is 12.1. The lowest BCUT2D eigenvalue weighted by Crippen LogP contribution is -2.29. The number of unbranched alkanes of at least 4 members (excludes halogenated alkanes) is 2. The lowest BCUT2D eigenvalue weighted by molar-refractivity contribution is -0.132. The van der Waals surface area contributed by atoms with Crippen molar-refractivity contribution in [3.63, 3.8) is 0 Å². The van der Waals surface area contributed by atoms with Gasteiger partial charge >= 0.3 is 5.91 Å². The Balaban J connectivity index is 1.47. The molecule has 2 atom stereocenters. The number of nitrogens with zero attached hydrogens (tertiary/aromatic N) is 2. The lowest BCUT2D eigenvalue weighted by Gasteiger charge is -2.24. The van der Waals surface area contributed by atoms with Crippen LogP contribution in [0.25, 0.3) is 16.0 Å². The number of aliphatic hydroxyl groups is 1. The van der Waals surface area contributed by atoms with E-state index in [1.165, 1.54) is 16.2 Å². The molecule has 45 heavy (non-hydrogen) atoms. The molecular weight excluding hydrogens is 592 g/mol. The van der Waals surface area contributed by atoms with Gasteiger partial charge in [-0.2, -0.15) is 0 Å². The van der Waals surface area contributed by atoms with Crippen molar-refractivity contribution >= 4 is 44.1 Å². The van der Waals surface area contributed by atoms with Crippen LogP contribution in [-0.2, 0) is 16.0 Å². The molecule has 1 N–H and O–H groups in total. The van der Waals surface area contributed by atoms with Crippen molar-refractivity contribution in [2.24, 2.45) is 0 Å². The summed E-state index contributed by atoms with van der Waals surface area (Å²) in [5.74, 6) is 0.624. The van der Waals surface area contributed by atoms with Crippen LogP contribution in [0.2, 0.25) is 0 Å². The van der Waals surface area contributed by atoms with Gasteiger partial charge in [0.05, 0.1) is 42.2 Å². The van der Waals surface area contributed by atoms with E-state index in [-0.39, 0.29) is 17.4 Å². The van der Waals surface area contributed by atoms with E-state index in [9.17, 15) is 14.7 Å². The van der Waals surface area contributed by atoms with E-state index in [1.54, 1.807) is 37.4 Å². The first kappa shape index (κ1) is 30.5. The number of ketones is 1. The number of amides is 1. The van der Waals surface area contributed by atoms with Gasteiger partial charge in [0.2, 0.25) is 0 Å². The van der Waals surface area contributed by atoms with Crippen LogP contribution >= 0.6 is 11.3 Å². The van der Waals surface area contributed by atoms with E-state index >= 15 is 0 Å². The molecule has 0 radical (unpaired) electrons. The van der Waals surface area contributed by atoms with E-state index in [0.717, 1.165) is 35.3 Å². The van der Waals surface area contributed by atoms with Crippen LogP contribution in [0.3, 0.4) is 0 Å². The normalized spacial score (nSPS) is 18.7. The standard InChI is InChI=1S/C35H36N2O7S/c1-5-7-8-15-43-27-14-9-21(18-28(27)41-4)31-30(32(38)22-10-13-26-23(17-22)16-20(3)44-26)33(39)34(40)37(31)35-36-25-12-11-24(42-6-2)19-29(25)45-35/h9-14,17-20,31,38H,5-8,15-16H2,1-4H3/b32-30+/t20-,31-/m0/s1. The van der Waals surface area contributed by atoms with Gasteiger partial charge in [-0.25, -0.2) is 4.98 Å². The summed E-state index contributed by atoms with van der Waals surface area (Å²) in [6, 6.07) is 15.2. The van der Waals surface area contributed by atoms with Gasteiger partial charge < -0.3 is 24.1 Å². The molecule has 3 heterocycles. The van der Waals surface area contributed by atoms with E-state index in [1.807, 2.05) is 38.1 Å². The Morgan fingerprint density at radius 3 is 2.67 bits per heavy atom. The Morgan fingerprint density at radius 1 is 1.04 bits per heavy atom. The fourth-order valence-electron chi connectivity index (χ4n) is 5.83. The number of aliphatic hydroxyl groups excluding tert-OH is 1. The molecule has 1 saturated heterocycles. The minimum absolute atomic E-state index is 0.0143. The summed E-state index contributed by atoms with van der Waals surface area (Å²) in [6.45, 7) is 7.07. The smallest absolute Gasteiger partial charge is 0.301 e. The number of Topliss-reactive ketones (excluding diaryl/α,β-unsaturated/α-hetero) is 1. The minimum atomic E-state index is -0.969. The first-order chi connectivity index (χ1) is 21.8. The number of benzene rings is 3. The second-order valence-corrected chi connectivity index (χ2v) is 12.2. The maximum atomic E-state index is 13.8. The number of ether oxygens (including phenoxy) is 4. The van der Waals surface area contributed by atoms with Crippen LogP contribution in [-0.4, -0.2) is 48.2 Å². The van der Waals surface area contributed by atoms with Crippen molar-refractivity contribution in [2.45, 2.75) is 58.6 Å². The second kappa shape index (κ2) is 12.8. The summed E-state index contributed by atoms with van der Waals surface area (Å²) in [6.07, 6.45) is 3.74. The number of carbonyl (C=O) groups excluding carboxylic acids is 2. The van der Waals surface area contributed by atoms with Crippen molar-refractivity contribution in [3.8, 4) is 23.0 Å². The molecule has 1 amide bonds. The highest BCUT2D eigenvalue weighted by Crippen LogP contribution is 2.46. The third kappa shape index (κ3) is 5.82. The van der Waals surface area contributed by atoms with E-state index in [4.69, 9.17) is 23.9 Å². The van der Waals surface area contributed by atoms with Gasteiger partial charge in [-0.05, 0) is 79.9 Å². The average molecular weight is 629 g/mol. The number of hydrogen-bond donors (Lipinski definition) is 1. The van der Waals surface area contributed by atoms with Crippen molar-refractivity contribution in [1.82, 2.24) is 4.98 Å². The molecule has 4 aromatic rings. The molecule has 0 bridgehead atoms. The van der Waals surface area contributed by atoms with Gasteiger partial charge in [0.25, 0.3) is 5.78 Å².